The molecular weight excluding hydrogens is 398 g/mol. The molecule has 0 saturated carbocycles. The van der Waals surface area contributed by atoms with Crippen molar-refractivity contribution in [3.63, 3.8) is 0 Å². The van der Waals surface area contributed by atoms with E-state index in [2.05, 4.69) is 33.2 Å². The van der Waals surface area contributed by atoms with Gasteiger partial charge in [-0.05, 0) is 60.0 Å². The van der Waals surface area contributed by atoms with Gasteiger partial charge in [-0.3, -0.25) is 0 Å². The number of rotatable bonds is 5. The maximum atomic E-state index is 5.99. The van der Waals surface area contributed by atoms with Gasteiger partial charge in [-0.2, -0.15) is 9.97 Å². The highest BCUT2D eigenvalue weighted by Gasteiger charge is 2.14. The van der Waals surface area contributed by atoms with Crippen molar-refractivity contribution in [3.05, 3.63) is 102 Å². The third-order valence-electron chi connectivity index (χ3n) is 5.02. The summed E-state index contributed by atoms with van der Waals surface area (Å²) in [7, 11) is 0. The molecule has 32 heavy (non-hydrogen) atoms. The van der Waals surface area contributed by atoms with Gasteiger partial charge in [0.1, 0.15) is 11.5 Å². The Morgan fingerprint density at radius 2 is 1.12 bits per heavy atom. The number of fused-ring (bicyclic) bond motifs is 1. The molecule has 1 aromatic heterocycles. The lowest BCUT2D eigenvalue weighted by Gasteiger charge is -2.11. The van der Waals surface area contributed by atoms with E-state index in [-0.39, 0.29) is 12.0 Å². The van der Waals surface area contributed by atoms with Crippen LogP contribution in [0.2, 0.25) is 0 Å². The molecule has 0 amide bonds. The summed E-state index contributed by atoms with van der Waals surface area (Å²) in [6, 6.07) is 30.0. The van der Waals surface area contributed by atoms with Gasteiger partial charge in [0, 0.05) is 5.56 Å². The van der Waals surface area contributed by atoms with Crippen molar-refractivity contribution in [2.45, 2.75) is 13.8 Å². The molecule has 0 aliphatic heterocycles. The summed E-state index contributed by atoms with van der Waals surface area (Å²) in [6.45, 7) is 4.02. The number of nitrogens with zero attached hydrogens (tertiary/aromatic N) is 3. The summed E-state index contributed by atoms with van der Waals surface area (Å²) >= 11 is 0. The second-order valence-corrected chi connectivity index (χ2v) is 7.59. The maximum Gasteiger partial charge on any atom is 0.328 e. The summed E-state index contributed by atoms with van der Waals surface area (Å²) in [5.41, 5.74) is 3.05. The van der Waals surface area contributed by atoms with Gasteiger partial charge in [-0.15, -0.1) is 4.98 Å². The predicted octanol–water partition coefficient (Wildman–Crippen LogP) is 6.89. The Morgan fingerprint density at radius 3 is 1.75 bits per heavy atom. The molecule has 5 nitrogen and oxygen atoms in total. The van der Waals surface area contributed by atoms with Crippen LogP contribution in [0.1, 0.15) is 11.1 Å². The summed E-state index contributed by atoms with van der Waals surface area (Å²) < 4.78 is 12.0. The Morgan fingerprint density at radius 1 is 0.562 bits per heavy atom. The van der Waals surface area contributed by atoms with Gasteiger partial charge in [0.25, 0.3) is 0 Å². The highest BCUT2D eigenvalue weighted by molar-refractivity contribution is 5.95. The van der Waals surface area contributed by atoms with Crippen molar-refractivity contribution in [1.29, 1.82) is 0 Å². The first-order valence-corrected chi connectivity index (χ1v) is 10.4. The van der Waals surface area contributed by atoms with Gasteiger partial charge in [0.15, 0.2) is 5.82 Å². The molecule has 0 saturated heterocycles. The lowest BCUT2D eigenvalue weighted by molar-refractivity contribution is 0.398. The van der Waals surface area contributed by atoms with Crippen molar-refractivity contribution in [3.8, 4) is 34.9 Å². The molecule has 0 fully saturated rings. The third-order valence-corrected chi connectivity index (χ3v) is 5.02. The molecule has 5 heteroatoms. The molecule has 156 valence electrons. The van der Waals surface area contributed by atoms with E-state index in [0.29, 0.717) is 17.3 Å². The third kappa shape index (κ3) is 4.27. The van der Waals surface area contributed by atoms with Gasteiger partial charge in [0.2, 0.25) is 0 Å². The van der Waals surface area contributed by atoms with Crippen molar-refractivity contribution >= 4 is 10.8 Å². The fourth-order valence-corrected chi connectivity index (χ4v) is 3.54. The zero-order valence-electron chi connectivity index (χ0n) is 17.8. The Balaban J connectivity index is 1.61. The Kier molecular flexibility index (Phi) is 5.22. The zero-order valence-corrected chi connectivity index (χ0v) is 17.8. The van der Waals surface area contributed by atoms with E-state index < -0.39 is 0 Å². The van der Waals surface area contributed by atoms with E-state index in [1.54, 1.807) is 0 Å². The minimum atomic E-state index is 0.177. The number of aromatic nitrogens is 3. The van der Waals surface area contributed by atoms with E-state index in [1.807, 2.05) is 86.6 Å². The van der Waals surface area contributed by atoms with Crippen LogP contribution in [0, 0.1) is 13.8 Å². The molecule has 1 heterocycles. The first-order chi connectivity index (χ1) is 15.6. The van der Waals surface area contributed by atoms with Crippen molar-refractivity contribution < 1.29 is 9.47 Å². The first-order valence-electron chi connectivity index (χ1n) is 10.4. The lowest BCUT2D eigenvalue weighted by Crippen LogP contribution is -2.01. The number of hydrogen-bond acceptors (Lipinski definition) is 5. The summed E-state index contributed by atoms with van der Waals surface area (Å²) in [5, 5.41) is 2.15. The van der Waals surface area contributed by atoms with E-state index in [1.165, 1.54) is 0 Å². The SMILES string of the molecule is Cc1cccc(Oc2nc(Oc3cccc(C)c3)nc(-c3cccc4ccccc34)n2)c1. The number of benzene rings is 4. The van der Waals surface area contributed by atoms with Crippen LogP contribution in [0.4, 0.5) is 0 Å². The summed E-state index contributed by atoms with van der Waals surface area (Å²) in [4.78, 5) is 13.6. The predicted molar refractivity (Wildman–Crippen MR) is 125 cm³/mol. The number of aryl methyl sites for hydroxylation is 2. The quantitative estimate of drug-likeness (QED) is 0.310. The molecule has 5 rings (SSSR count). The molecule has 4 aromatic carbocycles. The Labute approximate surface area is 186 Å². The minimum absolute atomic E-state index is 0.177. The summed E-state index contributed by atoms with van der Waals surface area (Å²) in [5.74, 6) is 1.80. The normalized spacial score (nSPS) is 10.8. The standard InChI is InChI=1S/C27H21N3O2/c1-18-8-5-12-21(16-18)31-26-28-25(24-15-7-11-20-10-3-4-14-23(20)24)29-27(30-26)32-22-13-6-9-19(2)17-22/h3-17H,1-2H3. The van der Waals surface area contributed by atoms with Crippen molar-refractivity contribution in [1.82, 2.24) is 15.0 Å². The Bertz CT molecular complexity index is 1340. The van der Waals surface area contributed by atoms with E-state index in [4.69, 9.17) is 9.47 Å². The van der Waals surface area contributed by atoms with Gasteiger partial charge >= 0.3 is 12.0 Å². The van der Waals surface area contributed by atoms with Gasteiger partial charge in [-0.1, -0.05) is 66.7 Å². The maximum absolute atomic E-state index is 5.99. The molecule has 0 N–H and O–H groups in total. The molecule has 0 atom stereocenters. The average molecular weight is 419 g/mol. The van der Waals surface area contributed by atoms with Crippen LogP contribution >= 0.6 is 0 Å². The zero-order chi connectivity index (χ0) is 21.9. The fraction of sp³-hybridized carbons (Fsp3) is 0.0741. The van der Waals surface area contributed by atoms with Crippen molar-refractivity contribution in [2.75, 3.05) is 0 Å². The smallest absolute Gasteiger partial charge is 0.328 e. The van der Waals surface area contributed by atoms with Crippen LogP contribution < -0.4 is 9.47 Å². The van der Waals surface area contributed by atoms with Gasteiger partial charge in [0.05, 0.1) is 0 Å². The first kappa shape index (κ1) is 19.7. The molecular formula is C27H21N3O2. The molecule has 0 aliphatic carbocycles. The average Bonchev–Trinajstić information content (AvgIpc) is 2.78. The molecule has 0 spiro atoms. The van der Waals surface area contributed by atoms with E-state index >= 15 is 0 Å². The number of hydrogen-bond donors (Lipinski definition) is 0. The molecule has 0 aliphatic rings. The van der Waals surface area contributed by atoms with Gasteiger partial charge < -0.3 is 9.47 Å². The monoisotopic (exact) mass is 419 g/mol. The molecule has 0 unspecified atom stereocenters. The molecule has 5 aromatic rings. The molecule has 0 bridgehead atoms. The topological polar surface area (TPSA) is 57.1 Å². The van der Waals surface area contributed by atoms with Crippen LogP contribution in [0.15, 0.2) is 91.0 Å². The second-order valence-electron chi connectivity index (χ2n) is 7.59. The van der Waals surface area contributed by atoms with Crippen LogP contribution in [0.3, 0.4) is 0 Å². The highest BCUT2D eigenvalue weighted by Crippen LogP contribution is 2.30. The van der Waals surface area contributed by atoms with Crippen LogP contribution in [-0.4, -0.2) is 15.0 Å². The van der Waals surface area contributed by atoms with Crippen LogP contribution in [0.5, 0.6) is 23.5 Å². The fourth-order valence-electron chi connectivity index (χ4n) is 3.54. The number of ether oxygens (including phenoxy) is 2. The van der Waals surface area contributed by atoms with Gasteiger partial charge in [-0.25, -0.2) is 0 Å². The molecule has 0 radical (unpaired) electrons. The van der Waals surface area contributed by atoms with Crippen LogP contribution in [0.25, 0.3) is 22.2 Å². The van der Waals surface area contributed by atoms with E-state index in [0.717, 1.165) is 27.5 Å². The van der Waals surface area contributed by atoms with E-state index in [9.17, 15) is 0 Å². The highest BCUT2D eigenvalue weighted by atomic mass is 16.5. The second kappa shape index (κ2) is 8.47. The van der Waals surface area contributed by atoms with Crippen LogP contribution in [-0.2, 0) is 0 Å². The Hall–Kier alpha value is -4.25. The lowest BCUT2D eigenvalue weighted by atomic mass is 10.0. The largest absolute Gasteiger partial charge is 0.424 e. The van der Waals surface area contributed by atoms with Crippen molar-refractivity contribution in [2.24, 2.45) is 0 Å². The summed E-state index contributed by atoms with van der Waals surface area (Å²) in [6.07, 6.45) is 0. The minimum Gasteiger partial charge on any atom is -0.424 e.